The van der Waals surface area contributed by atoms with E-state index < -0.39 is 6.04 Å². The molecule has 3 unspecified atom stereocenters. The summed E-state index contributed by atoms with van der Waals surface area (Å²) in [7, 11) is 1.59. The molecule has 7 nitrogen and oxygen atoms in total. The van der Waals surface area contributed by atoms with E-state index in [-0.39, 0.29) is 36.1 Å². The summed E-state index contributed by atoms with van der Waals surface area (Å²) in [5, 5.41) is 2.94. The van der Waals surface area contributed by atoms with Gasteiger partial charge in [-0.25, -0.2) is 0 Å². The van der Waals surface area contributed by atoms with Crippen LogP contribution in [-0.2, 0) is 20.9 Å². The number of rotatable bonds is 12. The lowest BCUT2D eigenvalue weighted by Gasteiger charge is -2.26. The van der Waals surface area contributed by atoms with Gasteiger partial charge in [0.15, 0.2) is 11.5 Å². The summed E-state index contributed by atoms with van der Waals surface area (Å²) < 4.78 is 11.2. The molecule has 33 heavy (non-hydrogen) atoms. The third kappa shape index (κ3) is 6.02. The fourth-order valence-corrected chi connectivity index (χ4v) is 5.14. The highest BCUT2D eigenvalue weighted by atomic mass is 32.2. The van der Waals surface area contributed by atoms with Crippen LogP contribution in [0.5, 0.6) is 11.5 Å². The maximum Gasteiger partial charge on any atom is 0.243 e. The predicted molar refractivity (Wildman–Crippen MR) is 129 cm³/mol. The summed E-state index contributed by atoms with van der Waals surface area (Å²) in [6.07, 6.45) is 7.85. The van der Waals surface area contributed by atoms with Gasteiger partial charge in [-0.1, -0.05) is 32.3 Å². The maximum atomic E-state index is 13.2. The van der Waals surface area contributed by atoms with Crippen molar-refractivity contribution in [2.75, 3.05) is 25.7 Å². The Hall–Kier alpha value is -2.22. The monoisotopic (exact) mass is 476 g/mol. The predicted octanol–water partition coefficient (Wildman–Crippen LogP) is 3.79. The number of nitrogens with one attached hydrogen (secondary N) is 1. The van der Waals surface area contributed by atoms with Crippen LogP contribution in [0, 0.1) is 11.8 Å². The van der Waals surface area contributed by atoms with Gasteiger partial charge in [0.05, 0.1) is 25.6 Å². The van der Waals surface area contributed by atoms with Crippen molar-refractivity contribution in [2.45, 2.75) is 64.5 Å². The topological polar surface area (TPSA) is 84.9 Å². The number of carbonyl (C=O) groups is 3. The first-order valence-electron chi connectivity index (χ1n) is 11.9. The summed E-state index contributed by atoms with van der Waals surface area (Å²) in [5.41, 5.74) is 0.861. The van der Waals surface area contributed by atoms with Crippen LogP contribution in [-0.4, -0.2) is 54.4 Å². The van der Waals surface area contributed by atoms with Gasteiger partial charge in [-0.2, -0.15) is 11.8 Å². The van der Waals surface area contributed by atoms with Crippen LogP contribution >= 0.6 is 11.8 Å². The number of benzene rings is 1. The fraction of sp³-hybridized carbons (Fsp3) is 0.640. The molecule has 1 aromatic rings. The molecule has 0 aromatic heterocycles. The van der Waals surface area contributed by atoms with Gasteiger partial charge in [0.25, 0.3) is 0 Å². The number of likely N-dealkylation sites (tertiary alicyclic amines) is 1. The quantitative estimate of drug-likeness (QED) is 0.365. The summed E-state index contributed by atoms with van der Waals surface area (Å²) in [6.45, 7) is 3.01. The van der Waals surface area contributed by atoms with Crippen LogP contribution in [0.1, 0.15) is 57.4 Å². The summed E-state index contributed by atoms with van der Waals surface area (Å²) in [6, 6.07) is 4.82. The molecular formula is C25H36N2O5S. The number of unbranched alkanes of at least 4 members (excludes halogenated alkanes) is 1. The lowest BCUT2D eigenvalue weighted by molar-refractivity contribution is -0.148. The standard InChI is InChI=1S/C25H36N2O5S/c1-4-5-13-32-21-11-10-17(15-22(21)31-2)16-26-23(28)20(12-14-33-3)27-24(29)18-8-6-7-9-19(18)25(27)30/h10-11,15,18-20H,4-9,12-14,16H2,1-3H3,(H,26,28). The van der Waals surface area contributed by atoms with E-state index in [0.717, 1.165) is 44.1 Å². The molecule has 1 saturated carbocycles. The van der Waals surface area contributed by atoms with Crippen molar-refractivity contribution in [3.05, 3.63) is 23.8 Å². The molecule has 2 aliphatic rings. The van der Waals surface area contributed by atoms with Gasteiger partial charge in [-0.3, -0.25) is 19.3 Å². The number of imide groups is 1. The lowest BCUT2D eigenvalue weighted by Crippen LogP contribution is -2.50. The van der Waals surface area contributed by atoms with E-state index in [2.05, 4.69) is 12.2 Å². The molecule has 3 rings (SSSR count). The second kappa shape index (κ2) is 12.3. The molecule has 0 bridgehead atoms. The van der Waals surface area contributed by atoms with Crippen molar-refractivity contribution < 1.29 is 23.9 Å². The summed E-state index contributed by atoms with van der Waals surface area (Å²) >= 11 is 1.60. The van der Waals surface area contributed by atoms with E-state index in [1.807, 2.05) is 24.5 Å². The summed E-state index contributed by atoms with van der Waals surface area (Å²) in [5.74, 6) is 0.873. The average molecular weight is 477 g/mol. The number of hydrogen-bond donors (Lipinski definition) is 1. The minimum Gasteiger partial charge on any atom is -0.493 e. The van der Waals surface area contributed by atoms with Crippen molar-refractivity contribution in [1.29, 1.82) is 0 Å². The zero-order valence-electron chi connectivity index (χ0n) is 19.9. The number of nitrogens with zero attached hydrogens (tertiary/aromatic N) is 1. The van der Waals surface area contributed by atoms with E-state index in [9.17, 15) is 14.4 Å². The minimum absolute atomic E-state index is 0.166. The second-order valence-electron chi connectivity index (χ2n) is 8.75. The van der Waals surface area contributed by atoms with Gasteiger partial charge in [0.2, 0.25) is 17.7 Å². The van der Waals surface area contributed by atoms with E-state index >= 15 is 0 Å². The second-order valence-corrected chi connectivity index (χ2v) is 9.73. The van der Waals surface area contributed by atoms with Crippen molar-refractivity contribution in [2.24, 2.45) is 11.8 Å². The molecule has 3 amide bonds. The van der Waals surface area contributed by atoms with Gasteiger partial charge in [-0.15, -0.1) is 0 Å². The van der Waals surface area contributed by atoms with E-state index in [4.69, 9.17) is 9.47 Å². The molecule has 3 atom stereocenters. The Bertz CT molecular complexity index is 822. The number of ether oxygens (including phenoxy) is 2. The number of methoxy groups -OCH3 is 1. The molecular weight excluding hydrogens is 440 g/mol. The number of hydrogen-bond acceptors (Lipinski definition) is 6. The van der Waals surface area contributed by atoms with Crippen LogP contribution < -0.4 is 14.8 Å². The fourth-order valence-electron chi connectivity index (χ4n) is 4.68. The number of amides is 3. The highest BCUT2D eigenvalue weighted by Crippen LogP contribution is 2.39. The smallest absolute Gasteiger partial charge is 0.243 e. The molecule has 2 fully saturated rings. The van der Waals surface area contributed by atoms with Crippen LogP contribution in [0.2, 0.25) is 0 Å². The van der Waals surface area contributed by atoms with E-state index in [1.54, 1.807) is 18.9 Å². The molecule has 1 heterocycles. The van der Waals surface area contributed by atoms with Crippen molar-refractivity contribution in [3.8, 4) is 11.5 Å². The van der Waals surface area contributed by atoms with Gasteiger partial charge in [0, 0.05) is 6.54 Å². The Morgan fingerprint density at radius 1 is 1.18 bits per heavy atom. The Kier molecular flexibility index (Phi) is 9.47. The molecule has 1 aromatic carbocycles. The highest BCUT2D eigenvalue weighted by Gasteiger charge is 2.51. The third-order valence-electron chi connectivity index (χ3n) is 6.54. The van der Waals surface area contributed by atoms with Crippen LogP contribution in [0.25, 0.3) is 0 Å². The molecule has 0 spiro atoms. The molecule has 0 radical (unpaired) electrons. The Morgan fingerprint density at radius 3 is 2.48 bits per heavy atom. The average Bonchev–Trinajstić information content (AvgIpc) is 3.09. The number of fused-ring (bicyclic) bond motifs is 1. The Morgan fingerprint density at radius 2 is 1.88 bits per heavy atom. The van der Waals surface area contributed by atoms with Gasteiger partial charge < -0.3 is 14.8 Å². The van der Waals surface area contributed by atoms with Crippen LogP contribution in [0.4, 0.5) is 0 Å². The molecule has 8 heteroatoms. The normalized spacial score (nSPS) is 21.0. The zero-order valence-corrected chi connectivity index (χ0v) is 20.7. The van der Waals surface area contributed by atoms with Gasteiger partial charge in [0.1, 0.15) is 6.04 Å². The highest BCUT2D eigenvalue weighted by molar-refractivity contribution is 7.98. The first-order chi connectivity index (χ1) is 16.0. The van der Waals surface area contributed by atoms with Gasteiger partial charge in [-0.05, 0) is 55.4 Å². The number of thioether (sulfide) groups is 1. The van der Waals surface area contributed by atoms with Crippen molar-refractivity contribution in [1.82, 2.24) is 10.2 Å². The van der Waals surface area contributed by atoms with Crippen LogP contribution in [0.15, 0.2) is 18.2 Å². The third-order valence-corrected chi connectivity index (χ3v) is 7.18. The zero-order chi connectivity index (χ0) is 23.8. The molecule has 182 valence electrons. The summed E-state index contributed by atoms with van der Waals surface area (Å²) in [4.78, 5) is 40.6. The van der Waals surface area contributed by atoms with E-state index in [1.165, 1.54) is 4.90 Å². The first-order valence-corrected chi connectivity index (χ1v) is 13.3. The molecule has 1 aliphatic carbocycles. The molecule has 1 saturated heterocycles. The Balaban J connectivity index is 1.68. The van der Waals surface area contributed by atoms with Crippen LogP contribution in [0.3, 0.4) is 0 Å². The molecule has 1 N–H and O–H groups in total. The van der Waals surface area contributed by atoms with Crippen molar-refractivity contribution >= 4 is 29.5 Å². The SMILES string of the molecule is CCCCOc1ccc(CNC(=O)C(CCSC)N2C(=O)C3CCCCC3C2=O)cc1OC. The van der Waals surface area contributed by atoms with Crippen molar-refractivity contribution in [3.63, 3.8) is 0 Å². The van der Waals surface area contributed by atoms with Gasteiger partial charge >= 0.3 is 0 Å². The molecule has 1 aliphatic heterocycles. The Labute approximate surface area is 200 Å². The minimum atomic E-state index is -0.762. The van der Waals surface area contributed by atoms with E-state index in [0.29, 0.717) is 30.3 Å². The first kappa shape index (κ1) is 25.4. The largest absolute Gasteiger partial charge is 0.493 e. The number of carbonyl (C=O) groups excluding carboxylic acids is 3. The lowest BCUT2D eigenvalue weighted by atomic mass is 9.81. The maximum absolute atomic E-state index is 13.2.